The van der Waals surface area contributed by atoms with Crippen LogP contribution in [0.2, 0.25) is 0 Å². The summed E-state index contributed by atoms with van der Waals surface area (Å²) in [6, 6.07) is 2.10. The second-order valence-corrected chi connectivity index (χ2v) is 3.75. The molecule has 0 aromatic heterocycles. The Balaban J connectivity index is 3.69. The molecule has 0 aromatic rings. The van der Waals surface area contributed by atoms with E-state index in [4.69, 9.17) is 5.26 Å². The second kappa shape index (κ2) is 6.71. The molecule has 1 unspecified atom stereocenters. The van der Waals surface area contributed by atoms with Crippen LogP contribution in [0.5, 0.6) is 0 Å². The molecule has 16 heavy (non-hydrogen) atoms. The highest BCUT2D eigenvalue weighted by Gasteiger charge is 2.27. The third kappa shape index (κ3) is 7.49. The van der Waals surface area contributed by atoms with Gasteiger partial charge < -0.3 is 4.74 Å². The minimum Gasteiger partial charge on any atom is -0.372 e. The van der Waals surface area contributed by atoms with Crippen LogP contribution in [-0.2, 0) is 4.74 Å². The Morgan fingerprint density at radius 2 is 2.00 bits per heavy atom. The molecule has 0 aliphatic rings. The number of hydrogen-bond acceptors (Lipinski definition) is 3. The highest BCUT2D eigenvalue weighted by Crippen LogP contribution is 2.15. The lowest BCUT2D eigenvalue weighted by atomic mass is 9.98. The third-order valence-corrected chi connectivity index (χ3v) is 2.04. The molecule has 0 heterocycles. The summed E-state index contributed by atoms with van der Waals surface area (Å²) < 4.78 is 39.6. The molecule has 0 rings (SSSR count). The van der Waals surface area contributed by atoms with Gasteiger partial charge in [-0.2, -0.15) is 18.4 Å². The molecular weight excluding hydrogens is 221 g/mol. The van der Waals surface area contributed by atoms with E-state index in [-0.39, 0.29) is 6.61 Å². The summed E-state index contributed by atoms with van der Waals surface area (Å²) in [5, 5.41) is 11.8. The molecular formula is C10H17F3N2O. The van der Waals surface area contributed by atoms with Gasteiger partial charge in [-0.05, 0) is 26.3 Å². The molecule has 6 heteroatoms. The number of halogens is 3. The van der Waals surface area contributed by atoms with Crippen molar-refractivity contribution in [3.63, 3.8) is 0 Å². The first-order valence-electron chi connectivity index (χ1n) is 5.14. The highest BCUT2D eigenvalue weighted by atomic mass is 19.4. The molecule has 1 N–H and O–H groups in total. The van der Waals surface area contributed by atoms with Gasteiger partial charge in [0.15, 0.2) is 0 Å². The predicted molar refractivity (Wildman–Crippen MR) is 53.8 cm³/mol. The lowest BCUT2D eigenvalue weighted by Gasteiger charge is -2.22. The standard InChI is InChI=1S/C10H17F3N2O/c1-3-15-9(2,7-14)5-4-6-16-8-10(11,12)13/h15H,3-6,8H2,1-2H3. The third-order valence-electron chi connectivity index (χ3n) is 2.04. The molecule has 0 saturated heterocycles. The van der Waals surface area contributed by atoms with Gasteiger partial charge in [0.05, 0.1) is 6.07 Å². The van der Waals surface area contributed by atoms with E-state index in [2.05, 4.69) is 16.1 Å². The fourth-order valence-electron chi connectivity index (χ4n) is 1.29. The topological polar surface area (TPSA) is 45.0 Å². The quantitative estimate of drug-likeness (QED) is 0.692. The number of nitriles is 1. The van der Waals surface area contributed by atoms with Crippen molar-refractivity contribution < 1.29 is 17.9 Å². The van der Waals surface area contributed by atoms with E-state index in [1.165, 1.54) is 0 Å². The van der Waals surface area contributed by atoms with Crippen molar-refractivity contribution in [1.29, 1.82) is 5.26 Å². The first kappa shape index (κ1) is 15.2. The van der Waals surface area contributed by atoms with Crippen LogP contribution in [0.25, 0.3) is 0 Å². The zero-order chi connectivity index (χ0) is 12.7. The fraction of sp³-hybridized carbons (Fsp3) is 0.900. The molecule has 0 fully saturated rings. The van der Waals surface area contributed by atoms with E-state index in [1.807, 2.05) is 6.92 Å². The van der Waals surface area contributed by atoms with E-state index in [9.17, 15) is 13.2 Å². The van der Waals surface area contributed by atoms with Crippen molar-refractivity contribution >= 4 is 0 Å². The summed E-state index contributed by atoms with van der Waals surface area (Å²) in [4.78, 5) is 0. The normalized spacial score (nSPS) is 15.5. The van der Waals surface area contributed by atoms with Crippen molar-refractivity contribution in [2.24, 2.45) is 0 Å². The van der Waals surface area contributed by atoms with Crippen LogP contribution in [0.4, 0.5) is 13.2 Å². The summed E-state index contributed by atoms with van der Waals surface area (Å²) in [6.07, 6.45) is -3.39. The van der Waals surface area contributed by atoms with Gasteiger partial charge in [0, 0.05) is 6.61 Å². The van der Waals surface area contributed by atoms with Crippen LogP contribution in [-0.4, -0.2) is 31.5 Å². The first-order valence-corrected chi connectivity index (χ1v) is 5.14. The molecule has 3 nitrogen and oxygen atoms in total. The Morgan fingerprint density at radius 3 is 2.44 bits per heavy atom. The molecule has 1 atom stereocenters. The molecule has 0 radical (unpaired) electrons. The Labute approximate surface area is 93.6 Å². The van der Waals surface area contributed by atoms with Crippen LogP contribution >= 0.6 is 0 Å². The van der Waals surface area contributed by atoms with E-state index in [1.54, 1.807) is 6.92 Å². The molecule has 0 aliphatic heterocycles. The van der Waals surface area contributed by atoms with Gasteiger partial charge in [-0.15, -0.1) is 0 Å². The smallest absolute Gasteiger partial charge is 0.372 e. The molecule has 0 aliphatic carbocycles. The molecule has 0 amide bonds. The average Bonchev–Trinajstić information content (AvgIpc) is 2.16. The average molecular weight is 238 g/mol. The monoisotopic (exact) mass is 238 g/mol. The van der Waals surface area contributed by atoms with Gasteiger partial charge in [-0.25, -0.2) is 0 Å². The lowest BCUT2D eigenvalue weighted by molar-refractivity contribution is -0.174. The summed E-state index contributed by atoms with van der Waals surface area (Å²) >= 11 is 0. The highest BCUT2D eigenvalue weighted by molar-refractivity contribution is 5.03. The summed E-state index contributed by atoms with van der Waals surface area (Å²) in [5.41, 5.74) is -0.684. The van der Waals surface area contributed by atoms with Gasteiger partial charge in [-0.3, -0.25) is 5.32 Å². The van der Waals surface area contributed by atoms with Crippen LogP contribution in [0.3, 0.4) is 0 Å². The molecule has 0 spiro atoms. The number of ether oxygens (including phenoxy) is 1. The van der Waals surface area contributed by atoms with Crippen molar-refractivity contribution in [1.82, 2.24) is 5.32 Å². The number of hydrogen-bond donors (Lipinski definition) is 1. The van der Waals surface area contributed by atoms with Crippen molar-refractivity contribution in [3.05, 3.63) is 0 Å². The van der Waals surface area contributed by atoms with Gasteiger partial charge in [0.1, 0.15) is 12.1 Å². The Hall–Kier alpha value is -0.800. The first-order chi connectivity index (χ1) is 7.33. The van der Waals surface area contributed by atoms with Gasteiger partial charge in [0.2, 0.25) is 0 Å². The lowest BCUT2D eigenvalue weighted by Crippen LogP contribution is -2.40. The molecule has 0 bridgehead atoms. The van der Waals surface area contributed by atoms with E-state index >= 15 is 0 Å². The maximum atomic E-state index is 11.7. The Morgan fingerprint density at radius 1 is 1.38 bits per heavy atom. The predicted octanol–water partition coefficient (Wildman–Crippen LogP) is 2.24. The van der Waals surface area contributed by atoms with Crippen LogP contribution in [0, 0.1) is 11.3 Å². The maximum Gasteiger partial charge on any atom is 0.411 e. The van der Waals surface area contributed by atoms with E-state index in [0.29, 0.717) is 19.4 Å². The number of nitrogens with zero attached hydrogens (tertiary/aromatic N) is 1. The van der Waals surface area contributed by atoms with Gasteiger partial charge in [0.25, 0.3) is 0 Å². The van der Waals surface area contributed by atoms with Gasteiger partial charge >= 0.3 is 6.18 Å². The zero-order valence-corrected chi connectivity index (χ0v) is 9.52. The molecule has 0 saturated carbocycles. The SMILES string of the molecule is CCNC(C)(C#N)CCCOCC(F)(F)F. The number of alkyl halides is 3. The fourth-order valence-corrected chi connectivity index (χ4v) is 1.29. The second-order valence-electron chi connectivity index (χ2n) is 3.75. The van der Waals surface area contributed by atoms with Crippen LogP contribution in [0.15, 0.2) is 0 Å². The minimum absolute atomic E-state index is 0.0160. The minimum atomic E-state index is -4.28. The van der Waals surface area contributed by atoms with Crippen LogP contribution in [0.1, 0.15) is 26.7 Å². The summed E-state index contributed by atoms with van der Waals surface area (Å²) in [7, 11) is 0. The Bertz CT molecular complexity index is 237. The van der Waals surface area contributed by atoms with Gasteiger partial charge in [-0.1, -0.05) is 6.92 Å². The number of rotatable bonds is 7. The van der Waals surface area contributed by atoms with E-state index in [0.717, 1.165) is 0 Å². The summed E-state index contributed by atoms with van der Waals surface area (Å²) in [6.45, 7) is 3.03. The molecule has 94 valence electrons. The zero-order valence-electron chi connectivity index (χ0n) is 9.52. The largest absolute Gasteiger partial charge is 0.411 e. The van der Waals surface area contributed by atoms with Crippen molar-refractivity contribution in [2.45, 2.75) is 38.4 Å². The summed E-state index contributed by atoms with van der Waals surface area (Å²) in [5.74, 6) is 0. The van der Waals surface area contributed by atoms with E-state index < -0.39 is 18.3 Å². The maximum absolute atomic E-state index is 11.7. The van der Waals surface area contributed by atoms with Crippen molar-refractivity contribution in [3.8, 4) is 6.07 Å². The number of nitrogens with one attached hydrogen (secondary N) is 1. The molecule has 0 aromatic carbocycles. The van der Waals surface area contributed by atoms with Crippen molar-refractivity contribution in [2.75, 3.05) is 19.8 Å². The van der Waals surface area contributed by atoms with Crippen LogP contribution < -0.4 is 5.32 Å². The Kier molecular flexibility index (Phi) is 6.38.